The van der Waals surface area contributed by atoms with Crippen LogP contribution in [0.2, 0.25) is 0 Å². The Labute approximate surface area is 122 Å². The monoisotopic (exact) mass is 278 g/mol. The zero-order chi connectivity index (χ0) is 15.3. The smallest absolute Gasteiger partial charge is 0.155 e. The molecule has 0 saturated heterocycles. The molecule has 0 spiro atoms. The van der Waals surface area contributed by atoms with Gasteiger partial charge in [0.2, 0.25) is 0 Å². The highest BCUT2D eigenvalue weighted by atomic mass is 16.3. The third kappa shape index (κ3) is 11.6. The van der Waals surface area contributed by atoms with E-state index >= 15 is 0 Å². The summed E-state index contributed by atoms with van der Waals surface area (Å²) in [4.78, 5) is 11.5. The molecule has 0 aliphatic rings. The zero-order valence-corrected chi connectivity index (χ0v) is 12.5. The average Bonchev–Trinajstić information content (AvgIpc) is 2.43. The summed E-state index contributed by atoms with van der Waals surface area (Å²) in [5.74, 6) is -0.0179. The molecule has 0 aromatic rings. The fourth-order valence-corrected chi connectivity index (χ4v) is 1.38. The molecule has 0 fully saturated rings. The number of carbonyl (C=O) groups excluding carboxylic acids is 1. The summed E-state index contributed by atoms with van der Waals surface area (Å²) in [6.45, 7) is 3.17. The zero-order valence-electron chi connectivity index (χ0n) is 12.5. The molecule has 3 nitrogen and oxygen atoms in total. The molecule has 0 aromatic heterocycles. The van der Waals surface area contributed by atoms with Gasteiger partial charge in [0.05, 0.1) is 12.2 Å². The summed E-state index contributed by atoms with van der Waals surface area (Å²) < 4.78 is 0. The van der Waals surface area contributed by atoms with Crippen LogP contribution in [0.3, 0.4) is 0 Å². The van der Waals surface area contributed by atoms with Crippen molar-refractivity contribution < 1.29 is 15.0 Å². The van der Waals surface area contributed by atoms with Crippen LogP contribution in [-0.4, -0.2) is 28.2 Å². The number of aliphatic hydroxyl groups is 2. The van der Waals surface area contributed by atoms with Crippen LogP contribution in [0.4, 0.5) is 0 Å². The molecule has 0 rings (SSSR count). The lowest BCUT2D eigenvalue weighted by Crippen LogP contribution is -2.29. The van der Waals surface area contributed by atoms with Gasteiger partial charge < -0.3 is 10.2 Å². The third-order valence-electron chi connectivity index (χ3n) is 2.72. The molecule has 20 heavy (non-hydrogen) atoms. The lowest BCUT2D eigenvalue weighted by atomic mass is 9.99. The minimum atomic E-state index is -1.16. The fraction of sp³-hybridized carbons (Fsp3) is 0.471. The molecule has 2 N–H and O–H groups in total. The first-order valence-electron chi connectivity index (χ1n) is 6.99. The first-order valence-corrected chi connectivity index (χ1v) is 6.99. The van der Waals surface area contributed by atoms with Gasteiger partial charge >= 0.3 is 0 Å². The van der Waals surface area contributed by atoms with Gasteiger partial charge in [-0.15, -0.1) is 0 Å². The highest BCUT2D eigenvalue weighted by Gasteiger charge is 2.19. The van der Waals surface area contributed by atoms with Crippen molar-refractivity contribution in [1.29, 1.82) is 0 Å². The van der Waals surface area contributed by atoms with Gasteiger partial charge in [0.25, 0.3) is 0 Å². The Bertz CT molecular complexity index is 374. The van der Waals surface area contributed by atoms with E-state index in [-0.39, 0.29) is 25.2 Å². The van der Waals surface area contributed by atoms with Gasteiger partial charge in [-0.3, -0.25) is 4.79 Å². The highest BCUT2D eigenvalue weighted by Crippen LogP contribution is 2.11. The van der Waals surface area contributed by atoms with Crippen LogP contribution in [0.25, 0.3) is 0 Å². The maximum Gasteiger partial charge on any atom is 0.155 e. The third-order valence-corrected chi connectivity index (χ3v) is 2.72. The van der Waals surface area contributed by atoms with Crippen LogP contribution in [0.1, 0.15) is 39.5 Å². The number of unbranched alkanes of at least 4 members (excludes halogenated alkanes) is 1. The minimum absolute atomic E-state index is 0.0179. The predicted octanol–water partition coefficient (Wildman–Crippen LogP) is 3.10. The average molecular weight is 278 g/mol. The van der Waals surface area contributed by atoms with Crippen molar-refractivity contribution >= 4 is 5.78 Å². The summed E-state index contributed by atoms with van der Waals surface area (Å²) in [7, 11) is 0. The van der Waals surface area contributed by atoms with Crippen molar-refractivity contribution in [2.24, 2.45) is 0 Å². The van der Waals surface area contributed by atoms with Gasteiger partial charge in [-0.25, -0.2) is 0 Å². The van der Waals surface area contributed by atoms with E-state index in [0.717, 1.165) is 12.8 Å². The molecule has 1 atom stereocenters. The molecule has 0 aliphatic carbocycles. The van der Waals surface area contributed by atoms with E-state index in [0.29, 0.717) is 0 Å². The molecule has 3 heteroatoms. The van der Waals surface area contributed by atoms with E-state index in [2.05, 4.69) is 0 Å². The largest absolute Gasteiger partial charge is 0.393 e. The van der Waals surface area contributed by atoms with E-state index in [1.54, 1.807) is 6.08 Å². The molecule has 0 radical (unpaired) electrons. The second-order valence-corrected chi connectivity index (χ2v) is 4.94. The normalized spacial score (nSPS) is 15.8. The molecule has 0 aromatic carbocycles. The maximum absolute atomic E-state index is 11.5. The predicted molar refractivity (Wildman–Crippen MR) is 83.4 cm³/mol. The first kappa shape index (κ1) is 18.6. The summed E-state index contributed by atoms with van der Waals surface area (Å²) in [5, 5.41) is 18.4. The van der Waals surface area contributed by atoms with E-state index in [1.165, 1.54) is 6.92 Å². The van der Waals surface area contributed by atoms with Crippen LogP contribution < -0.4 is 0 Å². The van der Waals surface area contributed by atoms with Crippen LogP contribution >= 0.6 is 0 Å². The Hall–Kier alpha value is -1.45. The van der Waals surface area contributed by atoms with Gasteiger partial charge in [-0.1, -0.05) is 42.5 Å². The van der Waals surface area contributed by atoms with Crippen molar-refractivity contribution in [3.63, 3.8) is 0 Å². The number of aliphatic hydroxyl groups excluding tert-OH is 1. The van der Waals surface area contributed by atoms with E-state index < -0.39 is 5.60 Å². The van der Waals surface area contributed by atoms with E-state index in [1.807, 2.05) is 49.5 Å². The van der Waals surface area contributed by atoms with Crippen molar-refractivity contribution in [2.75, 3.05) is 6.61 Å². The first-order chi connectivity index (χ1) is 9.52. The minimum Gasteiger partial charge on any atom is -0.393 e. The van der Waals surface area contributed by atoms with Crippen LogP contribution in [0, 0.1) is 0 Å². The number of hydrogen-bond donors (Lipinski definition) is 2. The number of carbonyl (C=O) groups is 1. The van der Waals surface area contributed by atoms with E-state index in [4.69, 9.17) is 5.11 Å². The fourth-order valence-electron chi connectivity index (χ4n) is 1.38. The summed E-state index contributed by atoms with van der Waals surface area (Å²) in [5.41, 5.74) is -1.16. The molecular formula is C17H26O3. The summed E-state index contributed by atoms with van der Waals surface area (Å²) in [6.07, 6.45) is 17.5. The molecular weight excluding hydrogens is 252 g/mol. The Kier molecular flexibility index (Phi) is 10.6. The van der Waals surface area contributed by atoms with Gasteiger partial charge in [0.1, 0.15) is 0 Å². The van der Waals surface area contributed by atoms with Crippen molar-refractivity contribution in [3.8, 4) is 0 Å². The maximum atomic E-state index is 11.5. The molecule has 0 heterocycles. The molecule has 0 amide bonds. The number of allylic oxidation sites excluding steroid dienone is 8. The Morgan fingerprint density at radius 2 is 1.75 bits per heavy atom. The van der Waals surface area contributed by atoms with Crippen LogP contribution in [-0.2, 0) is 4.79 Å². The van der Waals surface area contributed by atoms with Gasteiger partial charge in [0, 0.05) is 6.42 Å². The van der Waals surface area contributed by atoms with Crippen LogP contribution in [0.5, 0.6) is 0 Å². The van der Waals surface area contributed by atoms with Crippen molar-refractivity contribution in [3.05, 3.63) is 48.6 Å². The number of hydrogen-bond acceptors (Lipinski definition) is 3. The van der Waals surface area contributed by atoms with Crippen LogP contribution in [0.15, 0.2) is 48.6 Å². The Balaban J connectivity index is 3.77. The topological polar surface area (TPSA) is 57.5 Å². The molecule has 0 aliphatic heterocycles. The lowest BCUT2D eigenvalue weighted by molar-refractivity contribution is -0.116. The van der Waals surface area contributed by atoms with Gasteiger partial charge in [0.15, 0.2) is 5.78 Å². The van der Waals surface area contributed by atoms with Crippen molar-refractivity contribution in [1.82, 2.24) is 0 Å². The Morgan fingerprint density at radius 3 is 2.40 bits per heavy atom. The quantitative estimate of drug-likeness (QED) is 0.367. The molecule has 112 valence electrons. The summed E-state index contributed by atoms with van der Waals surface area (Å²) in [6, 6.07) is 0. The molecule has 0 bridgehead atoms. The highest BCUT2D eigenvalue weighted by molar-refractivity contribution is 5.89. The second-order valence-electron chi connectivity index (χ2n) is 4.94. The second kappa shape index (κ2) is 11.4. The Morgan fingerprint density at radius 1 is 1.10 bits per heavy atom. The summed E-state index contributed by atoms with van der Waals surface area (Å²) >= 11 is 0. The standard InChI is InChI=1S/C17H26O3/c1-3-4-5-6-7-8-9-10-11-12-16(19)13-14-17(2,20)15-18/h3-8,11-12,18,20H,9-10,13-15H2,1-2H3/b4-3+,6-5+,8-7+,12-11+. The van der Waals surface area contributed by atoms with E-state index in [9.17, 15) is 9.90 Å². The van der Waals surface area contributed by atoms with Gasteiger partial charge in [-0.2, -0.15) is 0 Å². The number of ketones is 1. The van der Waals surface area contributed by atoms with Crippen molar-refractivity contribution in [2.45, 2.75) is 45.1 Å². The van der Waals surface area contributed by atoms with Gasteiger partial charge in [-0.05, 0) is 39.2 Å². The lowest BCUT2D eigenvalue weighted by Gasteiger charge is -2.18. The SMILES string of the molecule is C/C=C/C=C/C=C/CC/C=C/C(=O)CCC(C)(O)CO. The molecule has 1 unspecified atom stereocenters. The number of rotatable bonds is 10. The molecule has 0 saturated carbocycles.